The molecule has 2 aromatic heterocycles. The van der Waals surface area contributed by atoms with Gasteiger partial charge in [-0.15, -0.1) is 22.7 Å². The molecule has 0 atom stereocenters. The van der Waals surface area contributed by atoms with E-state index in [9.17, 15) is 8.42 Å². The summed E-state index contributed by atoms with van der Waals surface area (Å²) in [7, 11) is -3.49. The number of hydrogen-bond donors (Lipinski definition) is 2. The zero-order valence-electron chi connectivity index (χ0n) is 10.2. The number of thiophene rings is 2. The summed E-state index contributed by atoms with van der Waals surface area (Å²) in [6, 6.07) is 5.55. The first kappa shape index (κ1) is 16.6. The van der Waals surface area contributed by atoms with Crippen molar-refractivity contribution in [1.82, 2.24) is 4.72 Å². The summed E-state index contributed by atoms with van der Waals surface area (Å²) in [6.45, 7) is 0.706. The summed E-state index contributed by atoms with van der Waals surface area (Å²) in [4.78, 5) is 2.22. The van der Waals surface area contributed by atoms with Gasteiger partial charge in [0.05, 0.1) is 7.57 Å². The standard InChI is InChI=1S/C11H12Br2N2O2S3/c12-10-2-1-7(18-10)3-4-15-20(16,17)9-5-8(6-14)19-11(9)13/h1-2,5,15H,3-4,6,14H2. The third-order valence-electron chi connectivity index (χ3n) is 2.49. The van der Waals surface area contributed by atoms with Crippen LogP contribution in [-0.2, 0) is 23.0 Å². The number of rotatable bonds is 6. The van der Waals surface area contributed by atoms with Crippen LogP contribution in [0.4, 0.5) is 0 Å². The maximum absolute atomic E-state index is 12.2. The lowest BCUT2D eigenvalue weighted by atomic mass is 10.3. The molecule has 2 aromatic rings. The minimum absolute atomic E-state index is 0.260. The van der Waals surface area contributed by atoms with Crippen molar-refractivity contribution in [2.24, 2.45) is 5.73 Å². The Kier molecular flexibility index (Phi) is 5.80. The molecular weight excluding hydrogens is 448 g/mol. The first-order valence-corrected chi connectivity index (χ1v) is 10.3. The Morgan fingerprint density at radius 3 is 2.50 bits per heavy atom. The van der Waals surface area contributed by atoms with Gasteiger partial charge in [0.1, 0.15) is 4.90 Å². The molecule has 3 N–H and O–H groups in total. The van der Waals surface area contributed by atoms with Crippen LogP contribution in [0.15, 0.2) is 30.7 Å². The quantitative estimate of drug-likeness (QED) is 0.695. The van der Waals surface area contributed by atoms with Crippen molar-refractivity contribution in [3.05, 3.63) is 35.5 Å². The smallest absolute Gasteiger partial charge is 0.242 e. The van der Waals surface area contributed by atoms with Crippen LogP contribution in [0.5, 0.6) is 0 Å². The summed E-state index contributed by atoms with van der Waals surface area (Å²) in [5, 5.41) is 0. The fourth-order valence-electron chi connectivity index (χ4n) is 1.55. The lowest BCUT2D eigenvalue weighted by Gasteiger charge is -2.04. The molecule has 9 heteroatoms. The Labute approximate surface area is 142 Å². The maximum Gasteiger partial charge on any atom is 0.242 e. The molecule has 0 radical (unpaired) electrons. The highest BCUT2D eigenvalue weighted by molar-refractivity contribution is 9.11. The van der Waals surface area contributed by atoms with Crippen LogP contribution in [0.25, 0.3) is 0 Å². The highest BCUT2D eigenvalue weighted by Gasteiger charge is 2.20. The zero-order chi connectivity index (χ0) is 14.8. The van der Waals surface area contributed by atoms with Crippen LogP contribution in [0.2, 0.25) is 0 Å². The molecular formula is C11H12Br2N2O2S3. The van der Waals surface area contributed by atoms with Gasteiger partial charge in [-0.2, -0.15) is 0 Å². The monoisotopic (exact) mass is 458 g/mol. The number of sulfonamides is 1. The van der Waals surface area contributed by atoms with Gasteiger partial charge in [0, 0.05) is 22.8 Å². The normalized spacial score (nSPS) is 11.9. The Morgan fingerprint density at radius 2 is 1.95 bits per heavy atom. The van der Waals surface area contributed by atoms with E-state index in [0.717, 1.165) is 13.5 Å². The van der Waals surface area contributed by atoms with E-state index in [2.05, 4.69) is 36.6 Å². The maximum atomic E-state index is 12.2. The minimum Gasteiger partial charge on any atom is -0.326 e. The molecule has 0 saturated carbocycles. The van der Waals surface area contributed by atoms with E-state index in [1.165, 1.54) is 11.3 Å². The first-order chi connectivity index (χ1) is 9.42. The molecule has 0 aliphatic carbocycles. The fourth-order valence-corrected chi connectivity index (χ4v) is 6.63. The van der Waals surface area contributed by atoms with Crippen LogP contribution in [-0.4, -0.2) is 15.0 Å². The molecule has 0 spiro atoms. The molecule has 2 rings (SSSR count). The molecule has 0 amide bonds. The van der Waals surface area contributed by atoms with Gasteiger partial charge in [-0.05, 0) is 56.5 Å². The second-order valence-corrected chi connectivity index (χ2v) is 10.6. The average molecular weight is 460 g/mol. The van der Waals surface area contributed by atoms with Gasteiger partial charge in [-0.3, -0.25) is 0 Å². The SMILES string of the molecule is NCc1cc(S(=O)(=O)NCCc2ccc(Br)s2)c(Br)s1. The summed E-state index contributed by atoms with van der Waals surface area (Å²) < 4.78 is 28.6. The second kappa shape index (κ2) is 6.99. The van der Waals surface area contributed by atoms with Gasteiger partial charge in [0.2, 0.25) is 10.0 Å². The Balaban J connectivity index is 2.01. The van der Waals surface area contributed by atoms with Crippen molar-refractivity contribution in [1.29, 1.82) is 0 Å². The van der Waals surface area contributed by atoms with Crippen molar-refractivity contribution in [2.45, 2.75) is 17.9 Å². The van der Waals surface area contributed by atoms with Crippen LogP contribution in [0.3, 0.4) is 0 Å². The number of halogens is 2. The predicted molar refractivity (Wildman–Crippen MR) is 90.8 cm³/mol. The van der Waals surface area contributed by atoms with Crippen LogP contribution < -0.4 is 10.5 Å². The van der Waals surface area contributed by atoms with Crippen LogP contribution in [0.1, 0.15) is 9.75 Å². The number of hydrogen-bond acceptors (Lipinski definition) is 5. The lowest BCUT2D eigenvalue weighted by molar-refractivity contribution is 0.582. The highest BCUT2D eigenvalue weighted by Crippen LogP contribution is 2.31. The fraction of sp³-hybridized carbons (Fsp3) is 0.273. The van der Waals surface area contributed by atoms with E-state index in [-0.39, 0.29) is 4.90 Å². The number of nitrogens with one attached hydrogen (secondary N) is 1. The summed E-state index contributed by atoms with van der Waals surface area (Å²) >= 11 is 9.60. The van der Waals surface area contributed by atoms with E-state index in [1.54, 1.807) is 17.4 Å². The topological polar surface area (TPSA) is 72.2 Å². The molecule has 0 aromatic carbocycles. The minimum atomic E-state index is -3.49. The molecule has 0 bridgehead atoms. The largest absolute Gasteiger partial charge is 0.326 e. The van der Waals surface area contributed by atoms with Crippen molar-refractivity contribution >= 4 is 64.6 Å². The Hall–Kier alpha value is 0.230. The third-order valence-corrected chi connectivity index (χ3v) is 7.91. The molecule has 110 valence electrons. The lowest BCUT2D eigenvalue weighted by Crippen LogP contribution is -2.25. The van der Waals surface area contributed by atoms with Crippen molar-refractivity contribution < 1.29 is 8.42 Å². The molecule has 20 heavy (non-hydrogen) atoms. The van der Waals surface area contributed by atoms with Gasteiger partial charge < -0.3 is 5.73 Å². The van der Waals surface area contributed by atoms with Gasteiger partial charge in [-0.25, -0.2) is 13.1 Å². The Morgan fingerprint density at radius 1 is 1.20 bits per heavy atom. The van der Waals surface area contributed by atoms with E-state index in [4.69, 9.17) is 5.73 Å². The predicted octanol–water partition coefficient (Wildman–Crippen LogP) is 3.31. The molecule has 2 heterocycles. The van der Waals surface area contributed by atoms with Crippen molar-refractivity contribution in [3.63, 3.8) is 0 Å². The third kappa shape index (κ3) is 4.12. The average Bonchev–Trinajstić information content (AvgIpc) is 2.95. The molecule has 4 nitrogen and oxygen atoms in total. The van der Waals surface area contributed by atoms with Crippen molar-refractivity contribution in [3.8, 4) is 0 Å². The van der Waals surface area contributed by atoms with E-state index >= 15 is 0 Å². The van der Waals surface area contributed by atoms with Crippen molar-refractivity contribution in [2.75, 3.05) is 6.54 Å². The Bertz CT molecular complexity index is 694. The first-order valence-electron chi connectivity index (χ1n) is 5.64. The van der Waals surface area contributed by atoms with Gasteiger partial charge >= 0.3 is 0 Å². The molecule has 0 saturated heterocycles. The van der Waals surface area contributed by atoms with Crippen LogP contribution >= 0.6 is 54.5 Å². The van der Waals surface area contributed by atoms with E-state index in [1.807, 2.05) is 12.1 Å². The second-order valence-electron chi connectivity index (χ2n) is 3.91. The summed E-state index contributed by atoms with van der Waals surface area (Å²) in [5.74, 6) is 0. The summed E-state index contributed by atoms with van der Waals surface area (Å²) in [6.07, 6.45) is 0.668. The number of nitrogens with two attached hydrogens (primary N) is 1. The van der Waals surface area contributed by atoms with Gasteiger partial charge in [0.25, 0.3) is 0 Å². The molecule has 0 fully saturated rings. The van der Waals surface area contributed by atoms with Gasteiger partial charge in [0.15, 0.2) is 0 Å². The van der Waals surface area contributed by atoms with E-state index in [0.29, 0.717) is 23.3 Å². The van der Waals surface area contributed by atoms with Gasteiger partial charge in [-0.1, -0.05) is 0 Å². The molecule has 0 unspecified atom stereocenters. The highest BCUT2D eigenvalue weighted by atomic mass is 79.9. The molecule has 0 aliphatic rings. The zero-order valence-corrected chi connectivity index (χ0v) is 15.8. The summed E-state index contributed by atoms with van der Waals surface area (Å²) in [5.41, 5.74) is 5.53. The van der Waals surface area contributed by atoms with E-state index < -0.39 is 10.0 Å². The van der Waals surface area contributed by atoms with Crippen LogP contribution in [0, 0.1) is 0 Å². The molecule has 0 aliphatic heterocycles.